The van der Waals surface area contributed by atoms with Gasteiger partial charge in [-0.3, -0.25) is 4.90 Å². The molecule has 0 atom stereocenters. The molecule has 1 aromatic heterocycles. The van der Waals surface area contributed by atoms with Crippen LogP contribution < -0.4 is 5.73 Å². The fraction of sp³-hybridized carbons (Fsp3) is 0.714. The van der Waals surface area contributed by atoms with E-state index in [9.17, 15) is 0 Å². The van der Waals surface area contributed by atoms with E-state index in [1.807, 2.05) is 13.0 Å². The lowest BCUT2D eigenvalue weighted by Crippen LogP contribution is -2.26. The van der Waals surface area contributed by atoms with Crippen LogP contribution in [0.25, 0.3) is 0 Å². The molecule has 2 heterocycles. The Kier molecular flexibility index (Phi) is 3.85. The van der Waals surface area contributed by atoms with Crippen LogP contribution in [0.5, 0.6) is 0 Å². The van der Waals surface area contributed by atoms with Crippen LogP contribution in [-0.2, 0) is 6.54 Å². The maximum atomic E-state index is 5.77. The SMILES string of the molecule is Cc1cc(N)nc(CN2CCCC(C)(C)CC2)n1. The molecule has 1 aromatic rings. The van der Waals surface area contributed by atoms with Crippen molar-refractivity contribution in [2.24, 2.45) is 5.41 Å². The Balaban J connectivity index is 2.00. The number of nitrogen functional groups attached to an aromatic ring is 1. The second kappa shape index (κ2) is 5.22. The summed E-state index contributed by atoms with van der Waals surface area (Å²) in [5.41, 5.74) is 7.19. The van der Waals surface area contributed by atoms with Gasteiger partial charge in [0.1, 0.15) is 11.6 Å². The molecule has 2 rings (SSSR count). The predicted molar refractivity (Wildman–Crippen MR) is 74.1 cm³/mol. The van der Waals surface area contributed by atoms with Gasteiger partial charge in [0.05, 0.1) is 6.54 Å². The number of nitrogens with two attached hydrogens (primary N) is 1. The third kappa shape index (κ3) is 3.67. The van der Waals surface area contributed by atoms with Crippen molar-refractivity contribution in [2.75, 3.05) is 18.8 Å². The van der Waals surface area contributed by atoms with E-state index in [2.05, 4.69) is 28.7 Å². The van der Waals surface area contributed by atoms with Gasteiger partial charge in [0.25, 0.3) is 0 Å². The number of aromatic nitrogens is 2. The first kappa shape index (κ1) is 13.3. The van der Waals surface area contributed by atoms with Crippen LogP contribution in [-0.4, -0.2) is 28.0 Å². The third-order valence-corrected chi connectivity index (χ3v) is 3.72. The van der Waals surface area contributed by atoms with Gasteiger partial charge in [-0.05, 0) is 44.7 Å². The van der Waals surface area contributed by atoms with Crippen LogP contribution in [0, 0.1) is 12.3 Å². The quantitative estimate of drug-likeness (QED) is 0.873. The van der Waals surface area contributed by atoms with E-state index in [1.54, 1.807) is 0 Å². The molecule has 100 valence electrons. The second-order valence-corrected chi connectivity index (χ2v) is 6.14. The van der Waals surface area contributed by atoms with Gasteiger partial charge in [-0.15, -0.1) is 0 Å². The Morgan fingerprint density at radius 2 is 2.06 bits per heavy atom. The number of hydrogen-bond donors (Lipinski definition) is 1. The van der Waals surface area contributed by atoms with Crippen molar-refractivity contribution in [3.05, 3.63) is 17.6 Å². The molecule has 0 saturated carbocycles. The summed E-state index contributed by atoms with van der Waals surface area (Å²) >= 11 is 0. The summed E-state index contributed by atoms with van der Waals surface area (Å²) in [5.74, 6) is 1.43. The summed E-state index contributed by atoms with van der Waals surface area (Å²) < 4.78 is 0. The highest BCUT2D eigenvalue weighted by atomic mass is 15.1. The average molecular weight is 248 g/mol. The van der Waals surface area contributed by atoms with E-state index < -0.39 is 0 Å². The molecule has 18 heavy (non-hydrogen) atoms. The van der Waals surface area contributed by atoms with E-state index >= 15 is 0 Å². The zero-order valence-corrected chi connectivity index (χ0v) is 11.7. The second-order valence-electron chi connectivity index (χ2n) is 6.14. The molecule has 0 bridgehead atoms. The zero-order chi connectivity index (χ0) is 13.2. The van der Waals surface area contributed by atoms with Crippen LogP contribution in [0.15, 0.2) is 6.07 Å². The number of anilines is 1. The van der Waals surface area contributed by atoms with Crippen LogP contribution in [0.1, 0.15) is 44.6 Å². The first-order valence-electron chi connectivity index (χ1n) is 6.77. The molecular formula is C14H24N4. The van der Waals surface area contributed by atoms with Gasteiger partial charge in [-0.1, -0.05) is 13.8 Å². The molecule has 0 radical (unpaired) electrons. The van der Waals surface area contributed by atoms with Crippen molar-refractivity contribution in [1.29, 1.82) is 0 Å². The fourth-order valence-corrected chi connectivity index (χ4v) is 2.56. The molecule has 2 N–H and O–H groups in total. The Labute approximate surface area is 110 Å². The minimum atomic E-state index is 0.473. The minimum Gasteiger partial charge on any atom is -0.384 e. The topological polar surface area (TPSA) is 55.0 Å². The molecular weight excluding hydrogens is 224 g/mol. The molecule has 0 aromatic carbocycles. The molecule has 4 heteroatoms. The molecule has 1 saturated heterocycles. The number of aryl methyl sites for hydroxylation is 1. The van der Waals surface area contributed by atoms with Crippen molar-refractivity contribution in [3.8, 4) is 0 Å². The highest BCUT2D eigenvalue weighted by Crippen LogP contribution is 2.30. The molecule has 0 spiro atoms. The van der Waals surface area contributed by atoms with E-state index in [-0.39, 0.29) is 0 Å². The minimum absolute atomic E-state index is 0.473. The normalized spacial score (nSPS) is 20.6. The van der Waals surface area contributed by atoms with Gasteiger partial charge in [0.15, 0.2) is 0 Å². The summed E-state index contributed by atoms with van der Waals surface area (Å²) in [6.07, 6.45) is 3.81. The van der Waals surface area contributed by atoms with Gasteiger partial charge in [-0.2, -0.15) is 0 Å². The van der Waals surface area contributed by atoms with Crippen LogP contribution in [0.3, 0.4) is 0 Å². The lowest BCUT2D eigenvalue weighted by Gasteiger charge is -2.23. The summed E-state index contributed by atoms with van der Waals surface area (Å²) in [6.45, 7) is 9.77. The summed E-state index contributed by atoms with van der Waals surface area (Å²) in [6, 6.07) is 1.81. The Hall–Kier alpha value is -1.16. The lowest BCUT2D eigenvalue weighted by atomic mass is 9.85. The van der Waals surface area contributed by atoms with E-state index in [4.69, 9.17) is 5.73 Å². The van der Waals surface area contributed by atoms with Crippen LogP contribution in [0.2, 0.25) is 0 Å². The van der Waals surface area contributed by atoms with Gasteiger partial charge >= 0.3 is 0 Å². The zero-order valence-electron chi connectivity index (χ0n) is 11.7. The Morgan fingerprint density at radius 3 is 2.78 bits per heavy atom. The smallest absolute Gasteiger partial charge is 0.144 e. The number of nitrogens with zero attached hydrogens (tertiary/aromatic N) is 3. The van der Waals surface area contributed by atoms with Crippen molar-refractivity contribution in [3.63, 3.8) is 0 Å². The molecule has 1 fully saturated rings. The average Bonchev–Trinajstić information content (AvgIpc) is 2.39. The predicted octanol–water partition coefficient (Wildman–Crippen LogP) is 2.38. The summed E-state index contributed by atoms with van der Waals surface area (Å²) in [7, 11) is 0. The van der Waals surface area contributed by atoms with E-state index in [0.717, 1.165) is 31.2 Å². The van der Waals surface area contributed by atoms with Gasteiger partial charge < -0.3 is 5.73 Å². The van der Waals surface area contributed by atoms with Crippen LogP contribution in [0.4, 0.5) is 5.82 Å². The lowest BCUT2D eigenvalue weighted by molar-refractivity contribution is 0.251. The van der Waals surface area contributed by atoms with E-state index in [1.165, 1.54) is 19.3 Å². The molecule has 1 aliphatic heterocycles. The Bertz CT molecular complexity index is 394. The largest absolute Gasteiger partial charge is 0.384 e. The van der Waals surface area contributed by atoms with Gasteiger partial charge in [0.2, 0.25) is 0 Å². The maximum Gasteiger partial charge on any atom is 0.144 e. The van der Waals surface area contributed by atoms with Gasteiger partial charge in [0, 0.05) is 11.8 Å². The van der Waals surface area contributed by atoms with Crippen molar-refractivity contribution in [1.82, 2.24) is 14.9 Å². The number of rotatable bonds is 2. The first-order valence-corrected chi connectivity index (χ1v) is 6.77. The molecule has 0 unspecified atom stereocenters. The molecule has 4 nitrogen and oxygen atoms in total. The first-order chi connectivity index (χ1) is 8.44. The maximum absolute atomic E-state index is 5.77. The molecule has 1 aliphatic rings. The number of hydrogen-bond acceptors (Lipinski definition) is 4. The van der Waals surface area contributed by atoms with Crippen LogP contribution >= 0.6 is 0 Å². The monoisotopic (exact) mass is 248 g/mol. The highest BCUT2D eigenvalue weighted by Gasteiger charge is 2.23. The van der Waals surface area contributed by atoms with Gasteiger partial charge in [-0.25, -0.2) is 9.97 Å². The third-order valence-electron chi connectivity index (χ3n) is 3.72. The standard InChI is InChI=1S/C14H24N4/c1-11-9-12(15)17-13(16-11)10-18-7-4-5-14(2,3)6-8-18/h9H,4-8,10H2,1-3H3,(H2,15,16,17). The van der Waals surface area contributed by atoms with E-state index in [0.29, 0.717) is 11.2 Å². The Morgan fingerprint density at radius 1 is 1.28 bits per heavy atom. The van der Waals surface area contributed by atoms with Crippen molar-refractivity contribution < 1.29 is 0 Å². The van der Waals surface area contributed by atoms with Crippen molar-refractivity contribution in [2.45, 2.75) is 46.6 Å². The molecule has 0 aliphatic carbocycles. The summed E-state index contributed by atoms with van der Waals surface area (Å²) in [5, 5.41) is 0. The number of likely N-dealkylation sites (tertiary alicyclic amines) is 1. The summed E-state index contributed by atoms with van der Waals surface area (Å²) in [4.78, 5) is 11.2. The fourth-order valence-electron chi connectivity index (χ4n) is 2.56. The van der Waals surface area contributed by atoms with Crippen molar-refractivity contribution >= 4 is 5.82 Å². The highest BCUT2D eigenvalue weighted by molar-refractivity contribution is 5.29. The molecule has 0 amide bonds.